The predicted octanol–water partition coefficient (Wildman–Crippen LogP) is 2.72. The van der Waals surface area contributed by atoms with Crippen LogP contribution < -0.4 is 20.6 Å². The molecule has 0 bridgehead atoms. The number of nitrogens with zero attached hydrogens (tertiary/aromatic N) is 3. The van der Waals surface area contributed by atoms with Crippen LogP contribution in [0.1, 0.15) is 18.3 Å². The lowest BCUT2D eigenvalue weighted by atomic mass is 10.1. The minimum atomic E-state index is -0.179. The molecule has 0 saturated heterocycles. The third kappa shape index (κ3) is 5.41. The van der Waals surface area contributed by atoms with Gasteiger partial charge in [-0.3, -0.25) is 4.79 Å². The van der Waals surface area contributed by atoms with E-state index in [0.29, 0.717) is 35.4 Å². The Labute approximate surface area is 173 Å². The lowest BCUT2D eigenvalue weighted by Crippen LogP contribution is -2.17. The highest BCUT2D eigenvalue weighted by Crippen LogP contribution is 2.24. The molecule has 2 aromatic carbocycles. The molecule has 0 aliphatic heterocycles. The number of benzene rings is 2. The number of anilines is 1. The summed E-state index contributed by atoms with van der Waals surface area (Å²) < 4.78 is 12.1. The second-order valence-corrected chi connectivity index (χ2v) is 7.00. The number of nitrogens with two attached hydrogens (primary N) is 1. The lowest BCUT2D eigenvalue weighted by Gasteiger charge is -2.11. The normalized spacial score (nSPS) is 10.6. The predicted molar refractivity (Wildman–Crippen MR) is 113 cm³/mol. The molecule has 29 heavy (non-hydrogen) atoms. The molecule has 0 fully saturated rings. The average molecular weight is 414 g/mol. The van der Waals surface area contributed by atoms with Crippen LogP contribution >= 0.6 is 11.8 Å². The van der Waals surface area contributed by atoms with Crippen LogP contribution in [-0.2, 0) is 11.2 Å². The topological polar surface area (TPSA) is 104 Å². The van der Waals surface area contributed by atoms with Gasteiger partial charge < -0.3 is 20.6 Å². The lowest BCUT2D eigenvalue weighted by molar-refractivity contribution is -0.113. The highest BCUT2D eigenvalue weighted by Gasteiger charge is 2.14. The smallest absolute Gasteiger partial charge is 0.234 e. The van der Waals surface area contributed by atoms with Gasteiger partial charge in [-0.2, -0.15) is 0 Å². The van der Waals surface area contributed by atoms with Gasteiger partial charge in [-0.25, -0.2) is 4.68 Å². The van der Waals surface area contributed by atoms with Crippen molar-refractivity contribution in [1.29, 1.82) is 0 Å². The Morgan fingerprint density at radius 3 is 2.66 bits per heavy atom. The fraction of sp³-hybridized carbons (Fsp3) is 0.250. The molecule has 0 saturated carbocycles. The van der Waals surface area contributed by atoms with Crippen LogP contribution in [0.4, 0.5) is 5.69 Å². The standard InChI is InChI=1S/C20H23N5O3S/c1-3-28-17-7-5-4-6-16(17)22-19(26)13-29-20-24-23-18(25(20)21)12-14-8-10-15(27-2)11-9-14/h4-11H,3,12-13,21H2,1-2H3,(H,22,26). The van der Waals surface area contributed by atoms with Crippen molar-refractivity contribution in [3.63, 3.8) is 0 Å². The van der Waals surface area contributed by atoms with Crippen molar-refractivity contribution in [2.24, 2.45) is 0 Å². The molecule has 1 amide bonds. The van der Waals surface area contributed by atoms with Gasteiger partial charge in [-0.15, -0.1) is 10.2 Å². The molecule has 8 nitrogen and oxygen atoms in total. The van der Waals surface area contributed by atoms with E-state index in [2.05, 4.69) is 15.5 Å². The third-order valence-corrected chi connectivity index (χ3v) is 4.99. The number of amides is 1. The molecule has 0 radical (unpaired) electrons. The Bertz CT molecular complexity index is 959. The number of nitrogen functional groups attached to an aromatic ring is 1. The number of ether oxygens (including phenoxy) is 2. The number of carbonyl (C=O) groups excluding carboxylic acids is 1. The molecule has 9 heteroatoms. The molecule has 0 unspecified atom stereocenters. The monoisotopic (exact) mass is 413 g/mol. The Kier molecular flexibility index (Phi) is 6.96. The minimum Gasteiger partial charge on any atom is -0.497 e. The summed E-state index contributed by atoms with van der Waals surface area (Å²) in [6, 6.07) is 15.0. The van der Waals surface area contributed by atoms with Gasteiger partial charge in [-0.1, -0.05) is 36.0 Å². The summed E-state index contributed by atoms with van der Waals surface area (Å²) >= 11 is 1.22. The van der Waals surface area contributed by atoms with E-state index in [1.165, 1.54) is 16.4 Å². The molecule has 3 aromatic rings. The maximum absolute atomic E-state index is 12.3. The molecule has 0 spiro atoms. The number of hydrogen-bond donors (Lipinski definition) is 2. The zero-order valence-electron chi connectivity index (χ0n) is 16.3. The van der Waals surface area contributed by atoms with Crippen LogP contribution in [0.25, 0.3) is 0 Å². The van der Waals surface area contributed by atoms with Crippen LogP contribution in [-0.4, -0.2) is 40.3 Å². The molecular formula is C20H23N5O3S. The van der Waals surface area contributed by atoms with Gasteiger partial charge in [0.1, 0.15) is 11.5 Å². The molecule has 0 atom stereocenters. The summed E-state index contributed by atoms with van der Waals surface area (Å²) in [5.41, 5.74) is 1.67. The quantitative estimate of drug-likeness (QED) is 0.410. The number of rotatable bonds is 9. The van der Waals surface area contributed by atoms with Gasteiger partial charge in [0.25, 0.3) is 0 Å². The van der Waals surface area contributed by atoms with E-state index >= 15 is 0 Å². The summed E-state index contributed by atoms with van der Waals surface area (Å²) in [7, 11) is 1.63. The molecule has 0 aliphatic rings. The number of methoxy groups -OCH3 is 1. The Morgan fingerprint density at radius 2 is 1.93 bits per heavy atom. The molecule has 3 N–H and O–H groups in total. The number of thioether (sulfide) groups is 1. The van der Waals surface area contributed by atoms with E-state index in [1.54, 1.807) is 13.2 Å². The Hall–Kier alpha value is -3.20. The first-order valence-electron chi connectivity index (χ1n) is 9.07. The fourth-order valence-electron chi connectivity index (χ4n) is 2.62. The van der Waals surface area contributed by atoms with E-state index < -0.39 is 0 Å². The van der Waals surface area contributed by atoms with Crippen LogP contribution in [0.2, 0.25) is 0 Å². The Morgan fingerprint density at radius 1 is 1.17 bits per heavy atom. The Balaban J connectivity index is 1.58. The maximum Gasteiger partial charge on any atom is 0.234 e. The minimum absolute atomic E-state index is 0.151. The average Bonchev–Trinajstić information content (AvgIpc) is 3.08. The number of para-hydroxylation sites is 2. The van der Waals surface area contributed by atoms with Gasteiger partial charge in [0.15, 0.2) is 5.82 Å². The summed E-state index contributed by atoms with van der Waals surface area (Å²) in [6.07, 6.45) is 0.530. The van der Waals surface area contributed by atoms with Crippen LogP contribution in [0.5, 0.6) is 11.5 Å². The van der Waals surface area contributed by atoms with E-state index in [1.807, 2.05) is 49.4 Å². The number of carbonyl (C=O) groups is 1. The van der Waals surface area contributed by atoms with Gasteiger partial charge in [0, 0.05) is 6.42 Å². The van der Waals surface area contributed by atoms with E-state index in [4.69, 9.17) is 15.3 Å². The maximum atomic E-state index is 12.3. The SMILES string of the molecule is CCOc1ccccc1NC(=O)CSc1nnc(Cc2ccc(OC)cc2)n1N. The van der Waals surface area contributed by atoms with Gasteiger partial charge >= 0.3 is 0 Å². The van der Waals surface area contributed by atoms with Gasteiger partial charge in [-0.05, 0) is 36.8 Å². The van der Waals surface area contributed by atoms with Crippen LogP contribution in [0.3, 0.4) is 0 Å². The summed E-state index contributed by atoms with van der Waals surface area (Å²) in [6.45, 7) is 2.42. The number of nitrogens with one attached hydrogen (secondary N) is 1. The highest BCUT2D eigenvalue weighted by atomic mass is 32.2. The highest BCUT2D eigenvalue weighted by molar-refractivity contribution is 7.99. The molecule has 152 valence electrons. The van der Waals surface area contributed by atoms with Crippen molar-refractivity contribution in [3.8, 4) is 11.5 Å². The van der Waals surface area contributed by atoms with Crippen molar-refractivity contribution < 1.29 is 14.3 Å². The molecule has 0 aliphatic carbocycles. The summed E-state index contributed by atoms with van der Waals surface area (Å²) in [4.78, 5) is 12.3. The fourth-order valence-corrected chi connectivity index (χ4v) is 3.30. The van der Waals surface area contributed by atoms with Crippen molar-refractivity contribution in [3.05, 3.63) is 59.9 Å². The number of aromatic nitrogens is 3. The zero-order chi connectivity index (χ0) is 20.6. The first-order valence-corrected chi connectivity index (χ1v) is 10.1. The van der Waals surface area contributed by atoms with Crippen LogP contribution in [0.15, 0.2) is 53.7 Å². The van der Waals surface area contributed by atoms with Crippen LogP contribution in [0, 0.1) is 0 Å². The van der Waals surface area contributed by atoms with Crippen molar-refractivity contribution in [2.45, 2.75) is 18.5 Å². The molecule has 3 rings (SSSR count). The molecule has 1 heterocycles. The second-order valence-electron chi connectivity index (χ2n) is 6.06. The van der Waals surface area contributed by atoms with Crippen molar-refractivity contribution in [2.75, 3.05) is 30.6 Å². The molecular weight excluding hydrogens is 390 g/mol. The first-order chi connectivity index (χ1) is 14.1. The zero-order valence-corrected chi connectivity index (χ0v) is 17.1. The van der Waals surface area contributed by atoms with E-state index in [9.17, 15) is 4.79 Å². The largest absolute Gasteiger partial charge is 0.497 e. The number of hydrogen-bond acceptors (Lipinski definition) is 7. The van der Waals surface area contributed by atoms with Gasteiger partial charge in [0.2, 0.25) is 11.1 Å². The van der Waals surface area contributed by atoms with E-state index in [0.717, 1.165) is 11.3 Å². The van der Waals surface area contributed by atoms with Gasteiger partial charge in [0.05, 0.1) is 25.2 Å². The third-order valence-electron chi connectivity index (χ3n) is 4.05. The van der Waals surface area contributed by atoms with Crippen molar-refractivity contribution >= 4 is 23.4 Å². The molecule has 1 aromatic heterocycles. The van der Waals surface area contributed by atoms with Crippen molar-refractivity contribution in [1.82, 2.24) is 14.9 Å². The van der Waals surface area contributed by atoms with E-state index in [-0.39, 0.29) is 11.7 Å². The second kappa shape index (κ2) is 9.83. The first kappa shape index (κ1) is 20.5. The summed E-state index contributed by atoms with van der Waals surface area (Å²) in [5, 5.41) is 11.6. The summed E-state index contributed by atoms with van der Waals surface area (Å²) in [5.74, 6) is 8.11.